The smallest absolute Gasteiger partial charge is 0.219 e. The van der Waals surface area contributed by atoms with Gasteiger partial charge in [-0.25, -0.2) is 0 Å². The highest BCUT2D eigenvalue weighted by molar-refractivity contribution is 8.14. The first-order valence-corrected chi connectivity index (χ1v) is 10.6. The van der Waals surface area contributed by atoms with Crippen LogP contribution in [0.1, 0.15) is 75.0 Å². The molecule has 0 saturated carbocycles. The molecule has 0 heterocycles. The van der Waals surface area contributed by atoms with Crippen LogP contribution < -0.4 is 0 Å². The van der Waals surface area contributed by atoms with Gasteiger partial charge in [0.25, 0.3) is 0 Å². The van der Waals surface area contributed by atoms with Crippen LogP contribution in [0.15, 0.2) is 42.5 Å². The Morgan fingerprint density at radius 1 is 0.926 bits per heavy atom. The van der Waals surface area contributed by atoms with Gasteiger partial charge in [0.05, 0.1) is 0 Å². The molecule has 0 spiro atoms. The number of phenolic OH excluding ortho intramolecular Hbond substituents is 1. The maximum Gasteiger partial charge on any atom is 0.219 e. The largest absolute Gasteiger partial charge is 0.507 e. The molecule has 0 radical (unpaired) electrons. The molecule has 0 amide bonds. The third kappa shape index (κ3) is 5.87. The summed E-state index contributed by atoms with van der Waals surface area (Å²) in [5.74, 6) is 1.22. The highest BCUT2D eigenvalue weighted by Crippen LogP contribution is 2.40. The zero-order valence-electron chi connectivity index (χ0n) is 17.4. The van der Waals surface area contributed by atoms with Crippen molar-refractivity contribution in [1.29, 1.82) is 0 Å². The molecule has 0 aliphatic heterocycles. The molecule has 0 aromatic heterocycles. The Hall–Kier alpha value is -1.74. The number of carbonyl (C=O) groups excluding carboxylic acids is 1. The van der Waals surface area contributed by atoms with E-state index in [2.05, 4.69) is 53.7 Å². The molecule has 2 aromatic rings. The van der Waals surface area contributed by atoms with Crippen LogP contribution in [-0.4, -0.2) is 16.0 Å². The van der Waals surface area contributed by atoms with Crippen molar-refractivity contribution in [3.63, 3.8) is 0 Å². The Bertz CT molecular complexity index is 745. The monoisotopic (exact) mass is 384 g/mol. The van der Waals surface area contributed by atoms with Gasteiger partial charge in [-0.3, -0.25) is 4.79 Å². The number of benzene rings is 2. The maximum atomic E-state index is 12.2. The van der Waals surface area contributed by atoms with Crippen molar-refractivity contribution in [2.24, 2.45) is 0 Å². The van der Waals surface area contributed by atoms with E-state index in [9.17, 15) is 9.90 Å². The van der Waals surface area contributed by atoms with Crippen LogP contribution in [0.3, 0.4) is 0 Å². The Kier molecular flexibility index (Phi) is 6.80. The summed E-state index contributed by atoms with van der Waals surface area (Å²) in [6.45, 7) is 12.8. The van der Waals surface area contributed by atoms with Gasteiger partial charge in [-0.15, -0.1) is 0 Å². The predicted octanol–water partition coefficient (Wildman–Crippen LogP) is 6.49. The summed E-state index contributed by atoms with van der Waals surface area (Å²) in [5, 5.41) is 10.9. The summed E-state index contributed by atoms with van der Waals surface area (Å²) in [6, 6.07) is 13.7. The van der Waals surface area contributed by atoms with Crippen LogP contribution >= 0.6 is 11.8 Å². The van der Waals surface area contributed by atoms with Crippen molar-refractivity contribution in [3.8, 4) is 5.75 Å². The Morgan fingerprint density at radius 2 is 1.44 bits per heavy atom. The quantitative estimate of drug-likeness (QED) is 0.598. The maximum absolute atomic E-state index is 12.2. The van der Waals surface area contributed by atoms with Gasteiger partial charge in [-0.2, -0.15) is 0 Å². The van der Waals surface area contributed by atoms with Crippen molar-refractivity contribution < 1.29 is 9.90 Å². The lowest BCUT2D eigenvalue weighted by Gasteiger charge is -2.28. The number of thioether (sulfide) groups is 1. The van der Waals surface area contributed by atoms with Crippen LogP contribution in [0, 0.1) is 0 Å². The molecule has 2 aromatic carbocycles. The van der Waals surface area contributed by atoms with Gasteiger partial charge in [0.1, 0.15) is 5.75 Å². The van der Waals surface area contributed by atoms with E-state index in [-0.39, 0.29) is 15.9 Å². The second-order valence-electron chi connectivity index (χ2n) is 9.15. The van der Waals surface area contributed by atoms with Gasteiger partial charge >= 0.3 is 0 Å². The molecule has 146 valence electrons. The first kappa shape index (κ1) is 21.6. The first-order valence-electron chi connectivity index (χ1n) is 9.59. The summed E-state index contributed by atoms with van der Waals surface area (Å²) >= 11 is 1.38. The van der Waals surface area contributed by atoms with Gasteiger partial charge in [0, 0.05) is 11.3 Å². The zero-order valence-corrected chi connectivity index (χ0v) is 18.2. The molecule has 2 nitrogen and oxygen atoms in total. The first-order chi connectivity index (χ1) is 12.5. The average Bonchev–Trinajstić information content (AvgIpc) is 2.58. The molecular weight excluding hydrogens is 352 g/mol. The fraction of sp³-hybridized carbons (Fsp3) is 0.458. The van der Waals surface area contributed by atoms with E-state index in [0.717, 1.165) is 35.3 Å². The molecule has 3 heteroatoms. The number of hydrogen-bond donors (Lipinski definition) is 1. The number of phenols is 1. The van der Waals surface area contributed by atoms with Crippen molar-refractivity contribution in [2.75, 3.05) is 5.75 Å². The van der Waals surface area contributed by atoms with E-state index in [4.69, 9.17) is 0 Å². The third-order valence-electron chi connectivity index (χ3n) is 4.64. The molecule has 0 unspecified atom stereocenters. The molecule has 2 rings (SSSR count). The van der Waals surface area contributed by atoms with Crippen LogP contribution in [0.4, 0.5) is 0 Å². The minimum atomic E-state index is -0.113. The second kappa shape index (κ2) is 8.52. The Labute approximate surface area is 168 Å². The minimum Gasteiger partial charge on any atom is -0.507 e. The van der Waals surface area contributed by atoms with Crippen LogP contribution in [0.5, 0.6) is 5.75 Å². The predicted molar refractivity (Wildman–Crippen MR) is 117 cm³/mol. The third-order valence-corrected chi connectivity index (χ3v) is 5.63. The van der Waals surface area contributed by atoms with Crippen molar-refractivity contribution in [1.82, 2.24) is 0 Å². The van der Waals surface area contributed by atoms with Gasteiger partial charge in [-0.05, 0) is 40.4 Å². The molecular formula is C24H32O2S. The van der Waals surface area contributed by atoms with Gasteiger partial charge in [0.2, 0.25) is 5.12 Å². The second-order valence-corrected chi connectivity index (χ2v) is 10.2. The topological polar surface area (TPSA) is 37.3 Å². The van der Waals surface area contributed by atoms with Crippen molar-refractivity contribution in [3.05, 3.63) is 64.7 Å². The van der Waals surface area contributed by atoms with Gasteiger partial charge in [-0.1, -0.05) is 95.8 Å². The van der Waals surface area contributed by atoms with Crippen molar-refractivity contribution in [2.45, 2.75) is 65.2 Å². The van der Waals surface area contributed by atoms with E-state index in [1.807, 2.05) is 30.3 Å². The summed E-state index contributed by atoms with van der Waals surface area (Å²) in [5.41, 5.74) is 3.76. The van der Waals surface area contributed by atoms with Crippen LogP contribution in [-0.2, 0) is 17.3 Å². The summed E-state index contributed by atoms with van der Waals surface area (Å²) in [7, 11) is 0. The molecule has 0 atom stereocenters. The number of aryl methyl sites for hydroxylation is 1. The lowest BCUT2D eigenvalue weighted by atomic mass is 9.78. The highest BCUT2D eigenvalue weighted by Gasteiger charge is 2.26. The molecule has 0 bridgehead atoms. The summed E-state index contributed by atoms with van der Waals surface area (Å²) < 4.78 is 0. The van der Waals surface area contributed by atoms with Crippen molar-refractivity contribution >= 4 is 16.9 Å². The van der Waals surface area contributed by atoms with Gasteiger partial charge < -0.3 is 5.11 Å². The van der Waals surface area contributed by atoms with E-state index < -0.39 is 0 Å². The SMILES string of the molecule is CC(C)(C)c1cc(CCCSC(=O)c2ccccc2)cc(C(C)(C)C)c1O. The standard InChI is InChI=1S/C24H32O2S/c1-23(2,3)19-15-17(16-20(21(19)25)24(4,5)6)11-10-14-27-22(26)18-12-8-7-9-13-18/h7-9,12-13,15-16,25H,10-11,14H2,1-6H3. The Morgan fingerprint density at radius 3 is 1.93 bits per heavy atom. The average molecular weight is 385 g/mol. The number of rotatable bonds is 5. The fourth-order valence-electron chi connectivity index (χ4n) is 3.08. The summed E-state index contributed by atoms with van der Waals surface area (Å²) in [4.78, 5) is 12.2. The van der Waals surface area contributed by atoms with E-state index in [1.165, 1.54) is 17.3 Å². The lowest BCUT2D eigenvalue weighted by molar-refractivity contribution is 0.108. The normalized spacial score (nSPS) is 12.2. The molecule has 1 N–H and O–H groups in total. The molecule has 27 heavy (non-hydrogen) atoms. The van der Waals surface area contributed by atoms with E-state index >= 15 is 0 Å². The lowest BCUT2D eigenvalue weighted by Crippen LogP contribution is -2.18. The van der Waals surface area contributed by atoms with E-state index in [1.54, 1.807) is 0 Å². The van der Waals surface area contributed by atoms with Gasteiger partial charge in [0.15, 0.2) is 0 Å². The fourth-order valence-corrected chi connectivity index (χ4v) is 3.86. The molecule has 0 saturated heterocycles. The minimum absolute atomic E-state index is 0.113. The Balaban J connectivity index is 2.09. The number of carbonyl (C=O) groups is 1. The number of hydrogen-bond acceptors (Lipinski definition) is 3. The number of aromatic hydroxyl groups is 1. The zero-order chi connectivity index (χ0) is 20.2. The highest BCUT2D eigenvalue weighted by atomic mass is 32.2. The van der Waals surface area contributed by atoms with Crippen LogP contribution in [0.2, 0.25) is 0 Å². The molecule has 0 aliphatic carbocycles. The molecule has 0 aliphatic rings. The molecule has 0 fully saturated rings. The van der Waals surface area contributed by atoms with Crippen LogP contribution in [0.25, 0.3) is 0 Å². The summed E-state index contributed by atoms with van der Waals surface area (Å²) in [6.07, 6.45) is 1.84. The van der Waals surface area contributed by atoms with E-state index in [0.29, 0.717) is 5.75 Å².